The van der Waals surface area contributed by atoms with Crippen molar-refractivity contribution in [2.75, 3.05) is 18.8 Å². The van der Waals surface area contributed by atoms with Crippen LogP contribution in [0.2, 0.25) is 0 Å². The van der Waals surface area contributed by atoms with E-state index in [0.29, 0.717) is 25.9 Å². The van der Waals surface area contributed by atoms with Crippen molar-refractivity contribution in [3.63, 3.8) is 0 Å². The number of benzene rings is 1. The number of urea groups is 1. The van der Waals surface area contributed by atoms with Gasteiger partial charge in [0.15, 0.2) is 0 Å². The number of amides is 2. The molecule has 1 aliphatic heterocycles. The number of hydrogen-bond donors (Lipinski definition) is 2. The predicted octanol–water partition coefficient (Wildman–Crippen LogP) is 3.09. The zero-order valence-electron chi connectivity index (χ0n) is 15.6. The minimum Gasteiger partial charge on any atom is -0.335 e. The van der Waals surface area contributed by atoms with Crippen LogP contribution in [0.3, 0.4) is 0 Å². The van der Waals surface area contributed by atoms with E-state index in [4.69, 9.17) is 0 Å². The van der Waals surface area contributed by atoms with Crippen molar-refractivity contribution in [2.24, 2.45) is 0 Å². The van der Waals surface area contributed by atoms with Crippen LogP contribution in [-0.4, -0.2) is 43.6 Å². The lowest BCUT2D eigenvalue weighted by atomic mass is 10.1. The fourth-order valence-corrected chi connectivity index (χ4v) is 5.18. The Hall–Kier alpha value is -1.97. The summed E-state index contributed by atoms with van der Waals surface area (Å²) in [6, 6.07) is 9.12. The Kier molecular flexibility index (Phi) is 6.69. The van der Waals surface area contributed by atoms with Crippen molar-refractivity contribution in [2.45, 2.75) is 31.8 Å². The summed E-state index contributed by atoms with van der Waals surface area (Å²) in [4.78, 5) is 13.5. The fraction of sp³-hybridized carbons (Fsp3) is 0.421. The number of thiophene rings is 1. The molecule has 0 aliphatic carbocycles. The Balaban J connectivity index is 1.61. The van der Waals surface area contributed by atoms with E-state index in [2.05, 4.69) is 10.6 Å². The molecule has 2 aromatic rings. The molecule has 2 amide bonds. The summed E-state index contributed by atoms with van der Waals surface area (Å²) >= 11 is 1.51. The first kappa shape index (κ1) is 20.8. The maximum absolute atomic E-state index is 13.3. The molecule has 0 radical (unpaired) electrons. The first-order valence-corrected chi connectivity index (χ1v) is 11.7. The van der Waals surface area contributed by atoms with Crippen LogP contribution in [0.5, 0.6) is 0 Å². The standard InChI is InChI=1S/C19H24FN3O3S2/c1-2-28(25,26)23-11-9-16(10-12-23)21-19(24)22-18(17-4-3-13-27-17)14-5-7-15(20)8-6-14/h3-8,13,16,18H,2,9-12H2,1H3,(H2,21,22,24)/t18-/m0/s1. The molecule has 1 aliphatic rings. The molecule has 2 N–H and O–H groups in total. The third kappa shape index (κ3) is 5.09. The van der Waals surface area contributed by atoms with Crippen molar-refractivity contribution in [1.82, 2.24) is 14.9 Å². The van der Waals surface area contributed by atoms with E-state index in [9.17, 15) is 17.6 Å². The van der Waals surface area contributed by atoms with Crippen molar-refractivity contribution >= 4 is 27.4 Å². The number of halogens is 1. The zero-order valence-corrected chi connectivity index (χ0v) is 17.2. The summed E-state index contributed by atoms with van der Waals surface area (Å²) in [7, 11) is -3.19. The van der Waals surface area contributed by atoms with Crippen molar-refractivity contribution in [3.8, 4) is 0 Å². The van der Waals surface area contributed by atoms with Gasteiger partial charge in [0.2, 0.25) is 10.0 Å². The van der Waals surface area contributed by atoms with E-state index in [-0.39, 0.29) is 29.7 Å². The first-order chi connectivity index (χ1) is 13.4. The van der Waals surface area contributed by atoms with Crippen molar-refractivity contribution in [1.29, 1.82) is 0 Å². The molecule has 6 nitrogen and oxygen atoms in total. The smallest absolute Gasteiger partial charge is 0.315 e. The average Bonchev–Trinajstić information content (AvgIpc) is 3.22. The maximum atomic E-state index is 13.3. The zero-order chi connectivity index (χ0) is 20.1. The van der Waals surface area contributed by atoms with E-state index in [1.54, 1.807) is 19.1 Å². The Morgan fingerprint density at radius 3 is 2.50 bits per heavy atom. The molecule has 152 valence electrons. The highest BCUT2D eigenvalue weighted by atomic mass is 32.2. The number of rotatable bonds is 6. The Labute approximate surface area is 168 Å². The molecule has 0 spiro atoms. The van der Waals surface area contributed by atoms with Gasteiger partial charge in [-0.3, -0.25) is 0 Å². The molecule has 1 aromatic carbocycles. The third-order valence-corrected chi connectivity index (χ3v) is 7.67. The van der Waals surface area contributed by atoms with Gasteiger partial charge in [-0.1, -0.05) is 18.2 Å². The van der Waals surface area contributed by atoms with Gasteiger partial charge in [0.05, 0.1) is 11.8 Å². The van der Waals surface area contributed by atoms with Crippen molar-refractivity contribution < 1.29 is 17.6 Å². The van der Waals surface area contributed by atoms with Gasteiger partial charge < -0.3 is 10.6 Å². The van der Waals surface area contributed by atoms with Gasteiger partial charge in [-0.05, 0) is 48.9 Å². The lowest BCUT2D eigenvalue weighted by Gasteiger charge is -2.31. The van der Waals surface area contributed by atoms with Crippen LogP contribution in [0, 0.1) is 5.82 Å². The summed E-state index contributed by atoms with van der Waals surface area (Å²) < 4.78 is 38.6. The highest BCUT2D eigenvalue weighted by molar-refractivity contribution is 7.89. The molecule has 1 aromatic heterocycles. The lowest BCUT2D eigenvalue weighted by molar-refractivity contribution is 0.225. The molecular weight excluding hydrogens is 401 g/mol. The quantitative estimate of drug-likeness (QED) is 0.747. The molecule has 28 heavy (non-hydrogen) atoms. The molecule has 1 atom stereocenters. The summed E-state index contributed by atoms with van der Waals surface area (Å²) in [6.07, 6.45) is 1.15. The second kappa shape index (κ2) is 9.02. The highest BCUT2D eigenvalue weighted by Crippen LogP contribution is 2.26. The van der Waals surface area contributed by atoms with Crippen molar-refractivity contribution in [3.05, 3.63) is 58.0 Å². The van der Waals surface area contributed by atoms with Crippen LogP contribution in [-0.2, 0) is 10.0 Å². The van der Waals surface area contributed by atoms with E-state index < -0.39 is 10.0 Å². The molecule has 1 fully saturated rings. The Bertz CT molecular complexity index is 878. The van der Waals surface area contributed by atoms with Gasteiger partial charge in [-0.2, -0.15) is 0 Å². The van der Waals surface area contributed by atoms with E-state index in [0.717, 1.165) is 10.4 Å². The average molecular weight is 426 g/mol. The molecule has 0 saturated carbocycles. The van der Waals surface area contributed by atoms with Gasteiger partial charge in [0.25, 0.3) is 0 Å². The summed E-state index contributed by atoms with van der Waals surface area (Å²) in [5, 5.41) is 7.83. The number of nitrogens with one attached hydrogen (secondary N) is 2. The fourth-order valence-electron chi connectivity index (χ4n) is 3.25. The Morgan fingerprint density at radius 1 is 1.25 bits per heavy atom. The molecule has 1 saturated heterocycles. The van der Waals surface area contributed by atoms with Crippen LogP contribution in [0.4, 0.5) is 9.18 Å². The highest BCUT2D eigenvalue weighted by Gasteiger charge is 2.28. The van der Waals surface area contributed by atoms with E-state index >= 15 is 0 Å². The number of nitrogens with zero attached hydrogens (tertiary/aromatic N) is 1. The summed E-state index contributed by atoms with van der Waals surface area (Å²) in [6.45, 7) is 2.45. The third-order valence-electron chi connectivity index (χ3n) is 4.85. The molecule has 9 heteroatoms. The van der Waals surface area contributed by atoms with Gasteiger partial charge >= 0.3 is 6.03 Å². The van der Waals surface area contributed by atoms with Crippen LogP contribution < -0.4 is 10.6 Å². The van der Waals surface area contributed by atoms with Crippen LogP contribution in [0.25, 0.3) is 0 Å². The van der Waals surface area contributed by atoms with Gasteiger partial charge in [0, 0.05) is 24.0 Å². The van der Waals surface area contributed by atoms with Gasteiger partial charge in [-0.15, -0.1) is 11.3 Å². The largest absolute Gasteiger partial charge is 0.335 e. The summed E-state index contributed by atoms with van der Waals surface area (Å²) in [5.41, 5.74) is 0.794. The first-order valence-electron chi connectivity index (χ1n) is 9.22. The number of hydrogen-bond acceptors (Lipinski definition) is 4. The number of carbonyl (C=O) groups is 1. The number of sulfonamides is 1. The predicted molar refractivity (Wildman–Crippen MR) is 108 cm³/mol. The molecule has 0 bridgehead atoms. The second-order valence-corrected chi connectivity index (χ2v) is 9.93. The molecular formula is C19H24FN3O3S2. The minimum absolute atomic E-state index is 0.0829. The topological polar surface area (TPSA) is 78.5 Å². The number of carbonyl (C=O) groups excluding carboxylic acids is 1. The SMILES string of the molecule is CCS(=O)(=O)N1CCC(NC(=O)N[C@@H](c2ccc(F)cc2)c2cccs2)CC1. The summed E-state index contributed by atoms with van der Waals surface area (Å²) in [5.74, 6) is -0.238. The lowest BCUT2D eigenvalue weighted by Crippen LogP contribution is -2.49. The Morgan fingerprint density at radius 2 is 1.93 bits per heavy atom. The minimum atomic E-state index is -3.19. The van der Waals surface area contributed by atoms with Crippen LogP contribution in [0.15, 0.2) is 41.8 Å². The second-order valence-electron chi connectivity index (χ2n) is 6.69. The number of piperidine rings is 1. The van der Waals surface area contributed by atoms with E-state index in [1.807, 2.05) is 17.5 Å². The normalized spacial score (nSPS) is 17.2. The maximum Gasteiger partial charge on any atom is 0.315 e. The molecule has 2 heterocycles. The van der Waals surface area contributed by atoms with Gasteiger partial charge in [0.1, 0.15) is 5.82 Å². The van der Waals surface area contributed by atoms with E-state index in [1.165, 1.54) is 27.8 Å². The monoisotopic (exact) mass is 425 g/mol. The molecule has 3 rings (SSSR count). The molecule has 0 unspecified atom stereocenters. The van der Waals surface area contributed by atoms with Crippen LogP contribution in [0.1, 0.15) is 36.2 Å². The van der Waals surface area contributed by atoms with Gasteiger partial charge in [-0.25, -0.2) is 21.9 Å². The van der Waals surface area contributed by atoms with Crippen LogP contribution >= 0.6 is 11.3 Å².